The summed E-state index contributed by atoms with van der Waals surface area (Å²) in [5, 5.41) is 15.7. The van der Waals surface area contributed by atoms with Crippen molar-refractivity contribution >= 4 is 35.1 Å². The molecule has 1 fully saturated rings. The minimum absolute atomic E-state index is 0.0260. The smallest absolute Gasteiger partial charge is 0.235 e. The van der Waals surface area contributed by atoms with Crippen molar-refractivity contribution in [2.75, 3.05) is 12.3 Å². The number of Topliss-reactive ketones (excluding diaryl/α,β-unsaturated/α-hetero) is 2. The van der Waals surface area contributed by atoms with Crippen LogP contribution in [0.3, 0.4) is 0 Å². The third-order valence-electron chi connectivity index (χ3n) is 8.13. The number of carbonyl (C=O) groups excluding carboxylic acids is 4. The van der Waals surface area contributed by atoms with Crippen molar-refractivity contribution in [2.45, 2.75) is 84.6 Å². The number of ketones is 2. The Bertz CT molecular complexity index is 958. The topological polar surface area (TPSA) is 113 Å². The predicted octanol–water partition coefficient (Wildman–Crippen LogP) is 3.21. The van der Waals surface area contributed by atoms with E-state index in [2.05, 4.69) is 44.4 Å². The summed E-state index contributed by atoms with van der Waals surface area (Å²) in [7, 11) is 0. The molecule has 200 valence electrons. The number of aliphatic hydroxyl groups is 1. The zero-order chi connectivity index (χ0) is 26.8. The molecule has 3 rings (SSSR count). The Morgan fingerprint density at radius 2 is 1.94 bits per heavy atom. The molecule has 7 atom stereocenters. The third kappa shape index (κ3) is 5.64. The molecule has 2 aliphatic carbocycles. The van der Waals surface area contributed by atoms with Gasteiger partial charge in [-0.15, -0.1) is 11.8 Å². The lowest BCUT2D eigenvalue weighted by atomic mass is 9.54. The Kier molecular flexibility index (Phi) is 9.25. The van der Waals surface area contributed by atoms with Gasteiger partial charge in [0.25, 0.3) is 0 Å². The van der Waals surface area contributed by atoms with Gasteiger partial charge in [-0.2, -0.15) is 0 Å². The fourth-order valence-corrected chi connectivity index (χ4v) is 7.43. The minimum Gasteiger partial charge on any atom is -0.385 e. The lowest BCUT2D eigenvalue weighted by Gasteiger charge is -2.46. The normalized spacial score (nSPS) is 35.3. The van der Waals surface area contributed by atoms with Crippen LogP contribution in [0.2, 0.25) is 0 Å². The van der Waals surface area contributed by atoms with Crippen LogP contribution >= 0.6 is 11.8 Å². The first kappa shape index (κ1) is 28.6. The van der Waals surface area contributed by atoms with Gasteiger partial charge in [0.1, 0.15) is 11.5 Å². The van der Waals surface area contributed by atoms with Crippen molar-refractivity contribution < 1.29 is 24.3 Å². The number of amides is 2. The predicted molar refractivity (Wildman–Crippen MR) is 142 cm³/mol. The van der Waals surface area contributed by atoms with Crippen LogP contribution in [0.25, 0.3) is 0 Å². The highest BCUT2D eigenvalue weighted by Crippen LogP contribution is 2.56. The van der Waals surface area contributed by atoms with Crippen LogP contribution in [0.5, 0.6) is 0 Å². The van der Waals surface area contributed by atoms with Gasteiger partial charge in [-0.05, 0) is 44.9 Å². The summed E-state index contributed by atoms with van der Waals surface area (Å²) in [6, 6.07) is -0.132. The van der Waals surface area contributed by atoms with E-state index in [4.69, 9.17) is 0 Å². The number of thioether (sulfide) groups is 1. The van der Waals surface area contributed by atoms with Crippen molar-refractivity contribution in [3.8, 4) is 0 Å². The van der Waals surface area contributed by atoms with Gasteiger partial charge in [0, 0.05) is 43.5 Å². The first-order valence-electron chi connectivity index (χ1n) is 13.2. The number of nitrogens with one attached hydrogen (secondary N) is 2. The molecule has 0 radical (unpaired) electrons. The van der Waals surface area contributed by atoms with E-state index >= 15 is 0 Å². The molecule has 36 heavy (non-hydrogen) atoms. The highest BCUT2D eigenvalue weighted by atomic mass is 32.2. The van der Waals surface area contributed by atoms with Crippen LogP contribution in [0.15, 0.2) is 23.3 Å². The van der Waals surface area contributed by atoms with Gasteiger partial charge in [0.05, 0.1) is 5.25 Å². The van der Waals surface area contributed by atoms with E-state index in [-0.39, 0.29) is 47.7 Å². The van der Waals surface area contributed by atoms with E-state index in [0.717, 1.165) is 12.0 Å². The second-order valence-electron chi connectivity index (χ2n) is 11.3. The molecule has 1 heterocycles. The fraction of sp³-hybridized carbons (Fsp3) is 0.714. The molecule has 0 aromatic carbocycles. The van der Waals surface area contributed by atoms with Gasteiger partial charge in [0.2, 0.25) is 11.8 Å². The zero-order valence-corrected chi connectivity index (χ0v) is 23.2. The Balaban J connectivity index is 2.14. The summed E-state index contributed by atoms with van der Waals surface area (Å²) < 4.78 is 0. The zero-order valence-electron chi connectivity index (χ0n) is 22.4. The second kappa shape index (κ2) is 11.6. The third-order valence-corrected chi connectivity index (χ3v) is 9.35. The maximum Gasteiger partial charge on any atom is 0.235 e. The Labute approximate surface area is 219 Å². The van der Waals surface area contributed by atoms with Crippen molar-refractivity contribution in [1.82, 2.24) is 10.6 Å². The number of carbonyl (C=O) groups is 4. The van der Waals surface area contributed by atoms with Crippen LogP contribution < -0.4 is 10.6 Å². The maximum absolute atomic E-state index is 14.6. The summed E-state index contributed by atoms with van der Waals surface area (Å²) in [5.41, 5.74) is 0.831. The molecular weight excluding hydrogens is 476 g/mol. The summed E-state index contributed by atoms with van der Waals surface area (Å²) >= 11 is 1.30. The largest absolute Gasteiger partial charge is 0.385 e. The van der Waals surface area contributed by atoms with Crippen molar-refractivity contribution in [3.63, 3.8) is 0 Å². The van der Waals surface area contributed by atoms with E-state index in [1.807, 2.05) is 13.0 Å². The number of aliphatic hydroxyl groups excluding tert-OH is 1. The molecule has 1 spiro atoms. The average Bonchev–Trinajstić information content (AvgIpc) is 3.08. The molecule has 8 heteroatoms. The SMILES string of the molecule is CC(=O)NCCSC1CC(=O)C(O)CCC(C)=CC2C=C(C)C(C)C3C(CC(C)C)NC(=O)C23C1=O. The monoisotopic (exact) mass is 518 g/mol. The highest BCUT2D eigenvalue weighted by Gasteiger charge is 2.66. The van der Waals surface area contributed by atoms with E-state index < -0.39 is 22.7 Å². The standard InChI is InChI=1S/C28H42N2O5S/c1-15(2)11-21-25-18(5)17(4)13-20-12-16(3)7-8-22(32)23(33)14-24(36-10-9-29-19(6)31)26(34)28(20,25)27(35)30-21/h12-13,15,18,20-22,24-25,32H,7-11,14H2,1-6H3,(H,29,31)(H,30,35). The van der Waals surface area contributed by atoms with Crippen LogP contribution in [0, 0.1) is 29.1 Å². The quantitative estimate of drug-likeness (QED) is 0.283. The van der Waals surface area contributed by atoms with Crippen molar-refractivity contribution in [1.29, 1.82) is 0 Å². The van der Waals surface area contributed by atoms with Gasteiger partial charge >= 0.3 is 0 Å². The molecule has 3 aliphatic rings. The van der Waals surface area contributed by atoms with Crippen LogP contribution in [0.1, 0.15) is 67.2 Å². The molecule has 1 saturated heterocycles. The Morgan fingerprint density at radius 1 is 1.25 bits per heavy atom. The minimum atomic E-state index is -1.30. The summed E-state index contributed by atoms with van der Waals surface area (Å²) in [5.74, 6) is -0.832. The van der Waals surface area contributed by atoms with Gasteiger partial charge in [-0.25, -0.2) is 0 Å². The summed E-state index contributed by atoms with van der Waals surface area (Å²) in [4.78, 5) is 53.0. The number of hydrogen-bond donors (Lipinski definition) is 3. The molecule has 0 bridgehead atoms. The number of allylic oxidation sites excluding steroid dienone is 4. The highest BCUT2D eigenvalue weighted by molar-refractivity contribution is 8.00. The van der Waals surface area contributed by atoms with E-state index in [1.54, 1.807) is 0 Å². The van der Waals surface area contributed by atoms with Crippen molar-refractivity contribution in [2.24, 2.45) is 29.1 Å². The Hall–Kier alpha value is -1.93. The molecular formula is C28H42N2O5S. The second-order valence-corrected chi connectivity index (χ2v) is 12.6. The fourth-order valence-electron chi connectivity index (χ4n) is 6.30. The van der Waals surface area contributed by atoms with E-state index in [0.29, 0.717) is 31.1 Å². The molecule has 7 unspecified atom stereocenters. The first-order chi connectivity index (χ1) is 16.9. The van der Waals surface area contributed by atoms with Gasteiger partial charge in [-0.3, -0.25) is 19.2 Å². The van der Waals surface area contributed by atoms with Crippen LogP contribution in [-0.4, -0.2) is 58.2 Å². The van der Waals surface area contributed by atoms with Gasteiger partial charge in [-0.1, -0.05) is 44.1 Å². The molecule has 2 amide bonds. The van der Waals surface area contributed by atoms with Gasteiger partial charge < -0.3 is 15.7 Å². The maximum atomic E-state index is 14.6. The van der Waals surface area contributed by atoms with Crippen LogP contribution in [0.4, 0.5) is 0 Å². The number of rotatable bonds is 6. The van der Waals surface area contributed by atoms with Crippen molar-refractivity contribution in [3.05, 3.63) is 23.3 Å². The molecule has 7 nitrogen and oxygen atoms in total. The molecule has 0 aromatic rings. The van der Waals surface area contributed by atoms with Crippen LogP contribution in [-0.2, 0) is 19.2 Å². The molecule has 0 aromatic heterocycles. The first-order valence-corrected chi connectivity index (χ1v) is 14.2. The average molecular weight is 519 g/mol. The van der Waals surface area contributed by atoms with E-state index in [9.17, 15) is 24.3 Å². The lowest BCUT2D eigenvalue weighted by Crippen LogP contribution is -2.55. The molecule has 0 saturated carbocycles. The Morgan fingerprint density at radius 3 is 2.58 bits per heavy atom. The molecule has 1 aliphatic heterocycles. The van der Waals surface area contributed by atoms with Gasteiger partial charge in [0.15, 0.2) is 11.6 Å². The van der Waals surface area contributed by atoms with E-state index in [1.165, 1.54) is 24.3 Å². The summed E-state index contributed by atoms with van der Waals surface area (Å²) in [6.07, 6.45) is 4.44. The summed E-state index contributed by atoms with van der Waals surface area (Å²) in [6.45, 7) is 12.2. The number of hydrogen-bond acceptors (Lipinski definition) is 6. The molecule has 3 N–H and O–H groups in total. The lowest BCUT2D eigenvalue weighted by molar-refractivity contribution is -0.146.